The normalized spacial score (nSPS) is 35.4. The molecule has 5 atom stereocenters. The van der Waals surface area contributed by atoms with Gasteiger partial charge in [0.2, 0.25) is 11.8 Å². The summed E-state index contributed by atoms with van der Waals surface area (Å²) in [4.78, 5) is 15.6. The van der Waals surface area contributed by atoms with E-state index in [0.29, 0.717) is 11.2 Å². The predicted octanol–water partition coefficient (Wildman–Crippen LogP) is 2.05. The van der Waals surface area contributed by atoms with Crippen molar-refractivity contribution in [1.29, 1.82) is 0 Å². The van der Waals surface area contributed by atoms with Crippen molar-refractivity contribution in [3.63, 3.8) is 0 Å². The van der Waals surface area contributed by atoms with Crippen LogP contribution in [0.4, 0.5) is 5.95 Å². The van der Waals surface area contributed by atoms with Gasteiger partial charge in [0.05, 0.1) is 20.0 Å². The van der Waals surface area contributed by atoms with Crippen LogP contribution in [-0.2, 0) is 18.3 Å². The standard InChI is InChI=1S/C16H22N9O5P/c1-16(23-24-18)11-9(6-28-31(26,30-11)22-8-4-3-5-8)29-14(16)25-7-19-10-12(25)20-15(17)21-13(10)27-2/h7-9,11,14H,3-6H2,1-2H3,(H,22,26)(H2,17,20,21)/t9-,11-,14-,16-,31?/m1/s1. The Kier molecular flexibility index (Phi) is 4.81. The lowest BCUT2D eigenvalue weighted by Gasteiger charge is -2.38. The Balaban J connectivity index is 1.54. The van der Waals surface area contributed by atoms with Crippen LogP contribution in [0.1, 0.15) is 32.4 Å². The first-order valence-corrected chi connectivity index (χ1v) is 11.4. The van der Waals surface area contributed by atoms with E-state index < -0.39 is 31.7 Å². The highest BCUT2D eigenvalue weighted by molar-refractivity contribution is 7.51. The Morgan fingerprint density at radius 2 is 2.29 bits per heavy atom. The van der Waals surface area contributed by atoms with E-state index in [1.807, 2.05) is 0 Å². The Hall–Kier alpha value is -2.47. The molecule has 0 radical (unpaired) electrons. The summed E-state index contributed by atoms with van der Waals surface area (Å²) in [6, 6.07) is 0.0796. The second-order valence-electron chi connectivity index (χ2n) is 7.93. The molecule has 0 amide bonds. The second kappa shape index (κ2) is 7.30. The van der Waals surface area contributed by atoms with Gasteiger partial charge >= 0.3 is 7.75 Å². The lowest BCUT2D eigenvalue weighted by atomic mass is 9.93. The van der Waals surface area contributed by atoms with Gasteiger partial charge in [0.1, 0.15) is 17.7 Å². The molecule has 3 fully saturated rings. The number of azide groups is 1. The van der Waals surface area contributed by atoms with Crippen LogP contribution in [0.5, 0.6) is 5.88 Å². The first kappa shape index (κ1) is 20.4. The smallest absolute Gasteiger partial charge is 0.406 e. The van der Waals surface area contributed by atoms with Gasteiger partial charge in [-0.1, -0.05) is 11.5 Å². The number of fused-ring (bicyclic) bond motifs is 2. The van der Waals surface area contributed by atoms with Crippen molar-refractivity contribution in [2.45, 2.75) is 56.2 Å². The van der Waals surface area contributed by atoms with Gasteiger partial charge in [-0.15, -0.1) is 0 Å². The molecule has 1 unspecified atom stereocenters. The van der Waals surface area contributed by atoms with E-state index in [-0.39, 0.29) is 24.5 Å². The lowest BCUT2D eigenvalue weighted by molar-refractivity contribution is -0.0592. The summed E-state index contributed by atoms with van der Waals surface area (Å²) < 4.78 is 37.6. The number of rotatable bonds is 5. The Morgan fingerprint density at radius 3 is 2.97 bits per heavy atom. The molecule has 5 rings (SSSR count). The van der Waals surface area contributed by atoms with Crippen LogP contribution in [-0.4, -0.2) is 57.0 Å². The minimum Gasteiger partial charge on any atom is -0.479 e. The number of anilines is 1. The molecule has 2 aromatic heterocycles. The van der Waals surface area contributed by atoms with Gasteiger partial charge in [0.25, 0.3) is 0 Å². The highest BCUT2D eigenvalue weighted by Gasteiger charge is 2.60. The van der Waals surface area contributed by atoms with E-state index >= 15 is 0 Å². The van der Waals surface area contributed by atoms with Crippen LogP contribution in [0.25, 0.3) is 21.6 Å². The first-order chi connectivity index (χ1) is 14.9. The summed E-state index contributed by atoms with van der Waals surface area (Å²) in [6.45, 7) is 1.69. The number of nitrogen functional groups attached to an aromatic ring is 1. The molecule has 0 bridgehead atoms. The number of ether oxygens (including phenoxy) is 2. The molecule has 1 aliphatic carbocycles. The van der Waals surface area contributed by atoms with Gasteiger partial charge in [-0.05, 0) is 25.3 Å². The largest absolute Gasteiger partial charge is 0.479 e. The molecule has 3 aliphatic rings. The first-order valence-electron chi connectivity index (χ1n) is 9.83. The van der Waals surface area contributed by atoms with E-state index in [9.17, 15) is 10.1 Å². The zero-order valence-electron chi connectivity index (χ0n) is 16.9. The molecule has 1 saturated carbocycles. The van der Waals surface area contributed by atoms with E-state index in [2.05, 4.69) is 30.1 Å². The van der Waals surface area contributed by atoms with Gasteiger partial charge < -0.3 is 15.2 Å². The fourth-order valence-corrected chi connectivity index (χ4v) is 6.04. The zero-order valence-corrected chi connectivity index (χ0v) is 17.8. The number of aromatic nitrogens is 4. The Bertz CT molecular complexity index is 1120. The molecule has 4 heterocycles. The number of hydrogen-bond acceptors (Lipinski definition) is 10. The van der Waals surface area contributed by atoms with E-state index in [4.69, 9.17) is 24.3 Å². The molecule has 0 spiro atoms. The van der Waals surface area contributed by atoms with Crippen molar-refractivity contribution in [2.75, 3.05) is 19.5 Å². The van der Waals surface area contributed by atoms with Crippen LogP contribution < -0.4 is 15.6 Å². The van der Waals surface area contributed by atoms with Gasteiger partial charge in [-0.2, -0.15) is 9.97 Å². The summed E-state index contributed by atoms with van der Waals surface area (Å²) in [6.07, 6.45) is 2.03. The second-order valence-corrected chi connectivity index (χ2v) is 9.66. The third-order valence-corrected chi connectivity index (χ3v) is 7.61. The molecule has 14 nitrogen and oxygen atoms in total. The summed E-state index contributed by atoms with van der Waals surface area (Å²) in [7, 11) is -2.14. The number of nitrogens with one attached hydrogen (secondary N) is 1. The highest BCUT2D eigenvalue weighted by Crippen LogP contribution is 2.57. The fourth-order valence-electron chi connectivity index (χ4n) is 4.14. The molecule has 2 saturated heterocycles. The average molecular weight is 451 g/mol. The molecule has 2 aromatic rings. The molecule has 166 valence electrons. The summed E-state index contributed by atoms with van der Waals surface area (Å²) >= 11 is 0. The third-order valence-electron chi connectivity index (χ3n) is 5.94. The summed E-state index contributed by atoms with van der Waals surface area (Å²) in [5, 5.41) is 6.97. The van der Waals surface area contributed by atoms with Crippen molar-refractivity contribution in [3.05, 3.63) is 16.8 Å². The molecule has 0 aromatic carbocycles. The lowest BCUT2D eigenvalue weighted by Crippen LogP contribution is -2.48. The minimum absolute atomic E-state index is 0.0132. The van der Waals surface area contributed by atoms with Crippen molar-refractivity contribution < 1.29 is 23.1 Å². The number of nitrogens with zero attached hydrogens (tertiary/aromatic N) is 7. The maximum Gasteiger partial charge on any atom is 0.406 e. The third kappa shape index (κ3) is 3.23. The van der Waals surface area contributed by atoms with Crippen molar-refractivity contribution in [2.24, 2.45) is 5.11 Å². The quantitative estimate of drug-likeness (QED) is 0.295. The van der Waals surface area contributed by atoms with Crippen LogP contribution in [0.15, 0.2) is 11.4 Å². The molecule has 31 heavy (non-hydrogen) atoms. The minimum atomic E-state index is -3.58. The predicted molar refractivity (Wildman–Crippen MR) is 107 cm³/mol. The van der Waals surface area contributed by atoms with Gasteiger partial charge in [0, 0.05) is 11.0 Å². The van der Waals surface area contributed by atoms with Gasteiger partial charge in [0.15, 0.2) is 17.4 Å². The van der Waals surface area contributed by atoms with Crippen LogP contribution in [0.3, 0.4) is 0 Å². The summed E-state index contributed by atoms with van der Waals surface area (Å²) in [5.41, 5.74) is 14.5. The SMILES string of the molecule is COc1nc(N)nc2c1ncn2[C@@H]1O[C@@H]2COP(=O)(NC3CCC3)O[C@H]2[C@@]1(C)N=[N+]=[N-]. The van der Waals surface area contributed by atoms with Crippen LogP contribution in [0.2, 0.25) is 0 Å². The number of imidazole rings is 1. The topological polar surface area (TPSA) is 184 Å². The fraction of sp³-hybridized carbons (Fsp3) is 0.688. The number of nitrogens with two attached hydrogens (primary N) is 1. The zero-order chi connectivity index (χ0) is 21.8. The molecule has 3 N–H and O–H groups in total. The van der Waals surface area contributed by atoms with Gasteiger partial charge in [-0.25, -0.2) is 14.6 Å². The van der Waals surface area contributed by atoms with Crippen LogP contribution in [0, 0.1) is 0 Å². The average Bonchev–Trinajstić information content (AvgIpc) is 3.23. The van der Waals surface area contributed by atoms with E-state index in [1.54, 1.807) is 11.5 Å². The maximum atomic E-state index is 13.2. The maximum absolute atomic E-state index is 13.2. The molecule has 2 aliphatic heterocycles. The summed E-state index contributed by atoms with van der Waals surface area (Å²) in [5.74, 6) is 0.191. The molecule has 15 heteroatoms. The van der Waals surface area contributed by atoms with Crippen molar-refractivity contribution in [3.8, 4) is 5.88 Å². The van der Waals surface area contributed by atoms with Crippen molar-refractivity contribution >= 4 is 24.9 Å². The van der Waals surface area contributed by atoms with Crippen LogP contribution >= 0.6 is 7.75 Å². The monoisotopic (exact) mass is 451 g/mol. The molecular formula is C16H22N9O5P. The Morgan fingerprint density at radius 1 is 1.48 bits per heavy atom. The number of methoxy groups -OCH3 is 1. The van der Waals surface area contributed by atoms with Crippen molar-refractivity contribution in [1.82, 2.24) is 24.6 Å². The van der Waals surface area contributed by atoms with E-state index in [1.165, 1.54) is 13.4 Å². The number of hydrogen-bond donors (Lipinski definition) is 2. The van der Waals surface area contributed by atoms with E-state index in [0.717, 1.165) is 19.3 Å². The van der Waals surface area contributed by atoms with Gasteiger partial charge in [-0.3, -0.25) is 13.6 Å². The highest BCUT2D eigenvalue weighted by atomic mass is 31.2. The molecular weight excluding hydrogens is 429 g/mol. The Labute approximate surface area is 176 Å².